The lowest BCUT2D eigenvalue weighted by Crippen LogP contribution is -2.55. The number of aromatic nitrogens is 2. The van der Waals surface area contributed by atoms with Crippen LogP contribution in [-0.2, 0) is 18.3 Å². The highest BCUT2D eigenvalue weighted by Crippen LogP contribution is 2.53. The summed E-state index contributed by atoms with van der Waals surface area (Å²) >= 11 is 0. The average molecular weight is 373 g/mol. The molecule has 1 aromatic rings. The number of likely N-dealkylation sites (tertiary alicyclic amines) is 2. The predicted molar refractivity (Wildman–Crippen MR) is 103 cm³/mol. The van der Waals surface area contributed by atoms with E-state index in [2.05, 4.69) is 28.7 Å². The molecule has 3 heterocycles. The lowest BCUT2D eigenvalue weighted by atomic mass is 9.71. The molecular weight excluding hydrogens is 340 g/mol. The third-order valence-electron chi connectivity index (χ3n) is 7.21. The zero-order chi connectivity index (χ0) is 19.3. The van der Waals surface area contributed by atoms with E-state index in [1.165, 1.54) is 0 Å². The molecule has 4 atom stereocenters. The Morgan fingerprint density at radius 2 is 1.96 bits per heavy atom. The van der Waals surface area contributed by atoms with Gasteiger partial charge in [-0.15, -0.1) is 0 Å². The molecule has 1 aromatic heterocycles. The lowest BCUT2D eigenvalue weighted by Gasteiger charge is -2.46. The average Bonchev–Trinajstić information content (AvgIpc) is 3.02. The molecule has 27 heavy (non-hydrogen) atoms. The molecule has 2 aliphatic heterocycles. The van der Waals surface area contributed by atoms with Gasteiger partial charge in [-0.2, -0.15) is 5.10 Å². The van der Waals surface area contributed by atoms with Gasteiger partial charge in [-0.3, -0.25) is 14.3 Å². The van der Waals surface area contributed by atoms with Gasteiger partial charge in [0.25, 0.3) is 5.91 Å². The van der Waals surface area contributed by atoms with Crippen LogP contribution in [0.5, 0.6) is 0 Å². The maximum Gasteiger partial charge on any atom is 0.272 e. The third kappa shape index (κ3) is 2.79. The molecule has 4 rings (SSSR count). The minimum atomic E-state index is 0.00554. The van der Waals surface area contributed by atoms with Crippen molar-refractivity contribution in [3.63, 3.8) is 0 Å². The quantitative estimate of drug-likeness (QED) is 0.820. The number of hydrogen-bond acceptors (Lipinski definition) is 3. The highest BCUT2D eigenvalue weighted by atomic mass is 16.2. The molecule has 2 amide bonds. The van der Waals surface area contributed by atoms with Gasteiger partial charge in [0.2, 0.25) is 5.91 Å². The number of carbonyl (C=O) groups excluding carboxylic acids is 2. The molecule has 0 aromatic carbocycles. The van der Waals surface area contributed by atoms with Gasteiger partial charge in [-0.1, -0.05) is 33.1 Å². The van der Waals surface area contributed by atoms with E-state index in [4.69, 9.17) is 0 Å². The Morgan fingerprint density at radius 3 is 2.63 bits per heavy atom. The summed E-state index contributed by atoms with van der Waals surface area (Å²) in [6.45, 7) is 6.80. The van der Waals surface area contributed by atoms with Gasteiger partial charge in [0, 0.05) is 38.0 Å². The van der Waals surface area contributed by atoms with Crippen molar-refractivity contribution in [2.45, 2.75) is 83.8 Å². The van der Waals surface area contributed by atoms with Crippen LogP contribution in [0, 0.1) is 5.41 Å². The van der Waals surface area contributed by atoms with E-state index >= 15 is 0 Å². The van der Waals surface area contributed by atoms with E-state index < -0.39 is 0 Å². The summed E-state index contributed by atoms with van der Waals surface area (Å²) < 4.78 is 1.74. The number of piperidine rings is 1. The lowest BCUT2D eigenvalue weighted by molar-refractivity contribution is -0.136. The van der Waals surface area contributed by atoms with Gasteiger partial charge < -0.3 is 9.80 Å². The minimum absolute atomic E-state index is 0.00554. The second kappa shape index (κ2) is 6.64. The Bertz CT molecular complexity index is 757. The number of carbonyl (C=O) groups is 2. The summed E-state index contributed by atoms with van der Waals surface area (Å²) in [6, 6.07) is 2.57. The fraction of sp³-hybridized carbons (Fsp3) is 0.762. The van der Waals surface area contributed by atoms with Crippen LogP contribution >= 0.6 is 0 Å². The molecule has 3 fully saturated rings. The Hall–Kier alpha value is -1.85. The molecule has 2 saturated heterocycles. The smallest absolute Gasteiger partial charge is 0.272 e. The van der Waals surface area contributed by atoms with E-state index in [0.29, 0.717) is 12.2 Å². The number of hydrogen-bond donors (Lipinski definition) is 0. The summed E-state index contributed by atoms with van der Waals surface area (Å²) in [5.74, 6) is 0.244. The second-order valence-electron chi connectivity index (χ2n) is 8.96. The van der Waals surface area contributed by atoms with E-state index in [1.54, 1.807) is 11.6 Å². The van der Waals surface area contributed by atoms with Crippen LogP contribution in [0.4, 0.5) is 0 Å². The molecule has 0 unspecified atom stereocenters. The predicted octanol–water partition coefficient (Wildman–Crippen LogP) is 2.77. The van der Waals surface area contributed by atoms with E-state index in [-0.39, 0.29) is 35.4 Å². The SMILES string of the molecule is CCCc1cc(C(=O)N2[C@@H]3CN(C(C)=O)[C@@H]4CCCC[C@H]2[C@]4(C)C3)n(C)n1. The summed E-state index contributed by atoms with van der Waals surface area (Å²) in [4.78, 5) is 30.2. The number of fused-ring (bicyclic) bond motifs is 1. The third-order valence-corrected chi connectivity index (χ3v) is 7.21. The van der Waals surface area contributed by atoms with Crippen molar-refractivity contribution in [1.29, 1.82) is 0 Å². The summed E-state index contributed by atoms with van der Waals surface area (Å²) in [6.07, 6.45) is 7.30. The van der Waals surface area contributed by atoms with Gasteiger partial charge >= 0.3 is 0 Å². The molecule has 6 nitrogen and oxygen atoms in total. The van der Waals surface area contributed by atoms with Crippen molar-refractivity contribution < 1.29 is 9.59 Å². The number of nitrogens with zero attached hydrogens (tertiary/aromatic N) is 4. The summed E-state index contributed by atoms with van der Waals surface area (Å²) in [5, 5.41) is 4.54. The van der Waals surface area contributed by atoms with Crippen LogP contribution in [-0.4, -0.2) is 56.1 Å². The molecule has 0 spiro atoms. The summed E-state index contributed by atoms with van der Waals surface area (Å²) in [7, 11) is 1.87. The first kappa shape index (κ1) is 18.5. The first-order chi connectivity index (χ1) is 12.9. The molecule has 6 heteroatoms. The number of amides is 2. The van der Waals surface area contributed by atoms with Crippen molar-refractivity contribution in [2.75, 3.05) is 6.54 Å². The van der Waals surface area contributed by atoms with Crippen LogP contribution in [0.2, 0.25) is 0 Å². The van der Waals surface area contributed by atoms with Crippen LogP contribution < -0.4 is 0 Å². The van der Waals surface area contributed by atoms with Crippen LogP contribution in [0.1, 0.15) is 75.5 Å². The van der Waals surface area contributed by atoms with Crippen molar-refractivity contribution in [2.24, 2.45) is 12.5 Å². The molecule has 0 N–H and O–H groups in total. The van der Waals surface area contributed by atoms with E-state index in [9.17, 15) is 9.59 Å². The first-order valence-electron chi connectivity index (χ1n) is 10.5. The van der Waals surface area contributed by atoms with Gasteiger partial charge in [0.1, 0.15) is 5.69 Å². The second-order valence-corrected chi connectivity index (χ2v) is 8.96. The van der Waals surface area contributed by atoms with E-state index in [0.717, 1.165) is 50.6 Å². The van der Waals surface area contributed by atoms with Crippen LogP contribution in [0.15, 0.2) is 6.07 Å². The Morgan fingerprint density at radius 1 is 1.26 bits per heavy atom. The molecule has 148 valence electrons. The first-order valence-corrected chi connectivity index (χ1v) is 10.5. The molecular formula is C21H32N4O2. The van der Waals surface area contributed by atoms with Gasteiger partial charge in [-0.25, -0.2) is 0 Å². The van der Waals surface area contributed by atoms with Crippen molar-refractivity contribution in [3.05, 3.63) is 17.5 Å². The fourth-order valence-electron chi connectivity index (χ4n) is 6.06. The Labute approximate surface area is 161 Å². The number of aryl methyl sites for hydroxylation is 2. The molecule has 1 aliphatic carbocycles. The van der Waals surface area contributed by atoms with Crippen molar-refractivity contribution in [1.82, 2.24) is 19.6 Å². The van der Waals surface area contributed by atoms with E-state index in [1.807, 2.05) is 13.1 Å². The zero-order valence-electron chi connectivity index (χ0n) is 17.1. The molecule has 1 saturated carbocycles. The molecule has 0 radical (unpaired) electrons. The maximum atomic E-state index is 13.6. The van der Waals surface area contributed by atoms with Crippen molar-refractivity contribution >= 4 is 11.8 Å². The van der Waals surface area contributed by atoms with Crippen molar-refractivity contribution in [3.8, 4) is 0 Å². The minimum Gasteiger partial charge on any atom is -0.337 e. The number of rotatable bonds is 3. The Balaban J connectivity index is 1.71. The maximum absolute atomic E-state index is 13.6. The van der Waals surface area contributed by atoms with Crippen LogP contribution in [0.25, 0.3) is 0 Å². The fourth-order valence-corrected chi connectivity index (χ4v) is 6.06. The van der Waals surface area contributed by atoms with Gasteiger partial charge in [-0.05, 0) is 31.7 Å². The summed E-state index contributed by atoms with van der Waals surface area (Å²) in [5.41, 5.74) is 1.68. The Kier molecular flexibility index (Phi) is 4.55. The zero-order valence-corrected chi connectivity index (χ0v) is 17.1. The van der Waals surface area contributed by atoms with Gasteiger partial charge in [0.05, 0.1) is 11.7 Å². The topological polar surface area (TPSA) is 58.4 Å². The molecule has 2 bridgehead atoms. The van der Waals surface area contributed by atoms with Gasteiger partial charge in [0.15, 0.2) is 0 Å². The van der Waals surface area contributed by atoms with Crippen LogP contribution in [0.3, 0.4) is 0 Å². The highest BCUT2D eigenvalue weighted by Gasteiger charge is 2.60. The largest absolute Gasteiger partial charge is 0.337 e. The monoisotopic (exact) mass is 372 g/mol. The normalized spacial score (nSPS) is 32.5. The molecule has 3 aliphatic rings. The standard InChI is InChI=1S/C21H32N4O2/c1-5-8-15-11-17(23(4)22-15)20(27)25-16-12-21(3)18(24(13-16)14(2)26)9-6-7-10-19(21)25/h11,16,18-19H,5-10,12-13H2,1-4H3/t16-,18+,19-,21+/m0/s1. The highest BCUT2D eigenvalue weighted by molar-refractivity contribution is 5.93.